The van der Waals surface area contributed by atoms with Gasteiger partial charge in [-0.3, -0.25) is 4.57 Å². The molecule has 0 saturated carbocycles. The van der Waals surface area contributed by atoms with E-state index in [9.17, 15) is 14.3 Å². The number of halogens is 1. The van der Waals surface area contributed by atoms with Gasteiger partial charge in [0.15, 0.2) is 17.9 Å². The number of nitrogens with zero attached hydrogens (tertiary/aromatic N) is 2. The quantitative estimate of drug-likeness (QED) is 0.597. The molecule has 0 aliphatic carbocycles. The van der Waals surface area contributed by atoms with E-state index in [0.717, 1.165) is 10.8 Å². The second-order valence-electron chi connectivity index (χ2n) is 4.10. The molecule has 1 saturated heterocycles. The molecule has 0 spiro atoms. The third kappa shape index (κ3) is 2.32. The summed E-state index contributed by atoms with van der Waals surface area (Å²) in [6, 6.07) is 0. The first-order chi connectivity index (χ1) is 8.99. The van der Waals surface area contributed by atoms with Gasteiger partial charge in [-0.1, -0.05) is 0 Å². The number of hydrogen-bond donors (Lipinski definition) is 3. The van der Waals surface area contributed by atoms with Crippen molar-refractivity contribution in [2.24, 2.45) is 0 Å². The van der Waals surface area contributed by atoms with E-state index < -0.39 is 48.5 Å². The van der Waals surface area contributed by atoms with E-state index in [1.54, 1.807) is 0 Å². The molecule has 0 radical (unpaired) electrons. The van der Waals surface area contributed by atoms with Crippen LogP contribution in [0.25, 0.3) is 0 Å². The highest BCUT2D eigenvalue weighted by Crippen LogP contribution is 2.30. The lowest BCUT2D eigenvalue weighted by Crippen LogP contribution is -2.37. The second kappa shape index (κ2) is 5.21. The lowest BCUT2D eigenvalue weighted by Gasteiger charge is -2.20. The van der Waals surface area contributed by atoms with Gasteiger partial charge < -0.3 is 25.4 Å². The number of hydrogen-bond acceptors (Lipinski definition) is 7. The van der Waals surface area contributed by atoms with Crippen LogP contribution in [0.3, 0.4) is 0 Å². The van der Waals surface area contributed by atoms with E-state index >= 15 is 0 Å². The molecule has 2 heterocycles. The van der Waals surface area contributed by atoms with Crippen LogP contribution in [0.5, 0.6) is 0 Å². The first-order valence-corrected chi connectivity index (χ1v) is 5.51. The molecule has 1 aromatic rings. The van der Waals surface area contributed by atoms with Crippen molar-refractivity contribution in [3.8, 4) is 0 Å². The molecule has 2 unspecified atom stereocenters. The average molecular weight is 275 g/mol. The minimum atomic E-state index is -1.15. The normalized spacial score (nSPS) is 30.7. The Morgan fingerprint density at radius 1 is 1.68 bits per heavy atom. The van der Waals surface area contributed by atoms with Crippen LogP contribution in [-0.2, 0) is 9.47 Å². The number of anilines is 1. The number of aliphatic hydroxyl groups excluding tert-OH is 2. The fourth-order valence-electron chi connectivity index (χ4n) is 1.99. The standard InChI is InChI=1S/C10H14FN3O5/c1-18-7-6(16)5(3-15)19-9(7)14-2-4(11)8(12)13-10(14)17/h2,5-7,9,15-16H,3H2,1H3,(H2,12,13,17)/t5-,6?,7?,9-/m1/s1. The maximum absolute atomic E-state index is 13.4. The van der Waals surface area contributed by atoms with E-state index in [1.165, 1.54) is 7.11 Å². The highest BCUT2D eigenvalue weighted by Gasteiger charge is 2.45. The van der Waals surface area contributed by atoms with Crippen LogP contribution in [0.2, 0.25) is 0 Å². The van der Waals surface area contributed by atoms with E-state index in [-0.39, 0.29) is 0 Å². The van der Waals surface area contributed by atoms with Gasteiger partial charge in [0.05, 0.1) is 12.8 Å². The van der Waals surface area contributed by atoms with Crippen LogP contribution in [0.15, 0.2) is 11.0 Å². The predicted octanol–water partition coefficient (Wildman–Crippen LogP) is -1.77. The molecule has 4 N–H and O–H groups in total. The van der Waals surface area contributed by atoms with Gasteiger partial charge in [0, 0.05) is 7.11 Å². The summed E-state index contributed by atoms with van der Waals surface area (Å²) in [4.78, 5) is 15.0. The summed E-state index contributed by atoms with van der Waals surface area (Å²) in [5.41, 5.74) is 4.34. The Hall–Kier alpha value is -1.55. The Morgan fingerprint density at radius 3 is 2.95 bits per heavy atom. The number of nitrogens with two attached hydrogens (primary N) is 1. The van der Waals surface area contributed by atoms with Gasteiger partial charge in [0.25, 0.3) is 0 Å². The summed E-state index contributed by atoms with van der Waals surface area (Å²) in [5, 5.41) is 18.9. The number of ether oxygens (including phenoxy) is 2. The van der Waals surface area contributed by atoms with Crippen molar-refractivity contribution in [3.63, 3.8) is 0 Å². The van der Waals surface area contributed by atoms with Crippen molar-refractivity contribution >= 4 is 5.82 Å². The van der Waals surface area contributed by atoms with Gasteiger partial charge in [-0.15, -0.1) is 0 Å². The SMILES string of the molecule is COC1C(O)[C@@H](CO)O[C@H]1n1cc(F)c(N)nc1=O. The number of nitrogen functional groups attached to an aromatic ring is 1. The van der Waals surface area contributed by atoms with Crippen molar-refractivity contribution in [2.75, 3.05) is 19.5 Å². The molecular weight excluding hydrogens is 261 g/mol. The molecule has 106 valence electrons. The van der Waals surface area contributed by atoms with Crippen LogP contribution in [0.4, 0.5) is 10.2 Å². The summed E-state index contributed by atoms with van der Waals surface area (Å²) in [5.74, 6) is -1.41. The van der Waals surface area contributed by atoms with Gasteiger partial charge in [-0.2, -0.15) is 4.98 Å². The molecule has 1 fully saturated rings. The predicted molar refractivity (Wildman–Crippen MR) is 60.7 cm³/mol. The topological polar surface area (TPSA) is 120 Å². The maximum Gasteiger partial charge on any atom is 0.351 e. The third-order valence-electron chi connectivity index (χ3n) is 2.97. The minimum absolute atomic E-state index is 0.461. The molecule has 2 rings (SSSR count). The minimum Gasteiger partial charge on any atom is -0.394 e. The van der Waals surface area contributed by atoms with Gasteiger partial charge in [-0.25, -0.2) is 9.18 Å². The average Bonchev–Trinajstić information content (AvgIpc) is 2.70. The maximum atomic E-state index is 13.4. The van der Waals surface area contributed by atoms with E-state index in [1.807, 2.05) is 0 Å². The Labute approximate surface area is 107 Å². The Kier molecular flexibility index (Phi) is 3.80. The fraction of sp³-hybridized carbons (Fsp3) is 0.600. The third-order valence-corrected chi connectivity index (χ3v) is 2.97. The van der Waals surface area contributed by atoms with Gasteiger partial charge >= 0.3 is 5.69 Å². The summed E-state index contributed by atoms with van der Waals surface area (Å²) in [6.45, 7) is -0.461. The molecule has 0 aromatic carbocycles. The lowest BCUT2D eigenvalue weighted by molar-refractivity contribution is -0.0628. The van der Waals surface area contributed by atoms with Crippen LogP contribution in [0.1, 0.15) is 6.23 Å². The van der Waals surface area contributed by atoms with E-state index in [2.05, 4.69) is 4.98 Å². The van der Waals surface area contributed by atoms with Crippen molar-refractivity contribution in [1.82, 2.24) is 9.55 Å². The summed E-state index contributed by atoms with van der Waals surface area (Å²) in [6.07, 6.45) is -3.27. The highest BCUT2D eigenvalue weighted by molar-refractivity contribution is 5.26. The smallest absolute Gasteiger partial charge is 0.351 e. The van der Waals surface area contributed by atoms with E-state index in [4.69, 9.17) is 20.3 Å². The highest BCUT2D eigenvalue weighted by atomic mass is 19.1. The second-order valence-corrected chi connectivity index (χ2v) is 4.10. The first-order valence-electron chi connectivity index (χ1n) is 5.51. The monoisotopic (exact) mass is 275 g/mol. The van der Waals surface area contributed by atoms with Gasteiger partial charge in [0.2, 0.25) is 0 Å². The molecule has 1 aliphatic rings. The largest absolute Gasteiger partial charge is 0.394 e. The summed E-state index contributed by atoms with van der Waals surface area (Å²) >= 11 is 0. The van der Waals surface area contributed by atoms with Crippen LogP contribution in [-0.4, -0.2) is 51.8 Å². The molecule has 0 amide bonds. The summed E-state index contributed by atoms with van der Waals surface area (Å²) in [7, 11) is 1.30. The van der Waals surface area contributed by atoms with Crippen LogP contribution < -0.4 is 11.4 Å². The van der Waals surface area contributed by atoms with Crippen LogP contribution >= 0.6 is 0 Å². The number of aliphatic hydroxyl groups is 2. The molecule has 8 nitrogen and oxygen atoms in total. The molecule has 0 bridgehead atoms. The van der Waals surface area contributed by atoms with Crippen molar-refractivity contribution in [2.45, 2.75) is 24.5 Å². The Bertz CT molecular complexity index is 522. The molecule has 1 aromatic heterocycles. The van der Waals surface area contributed by atoms with Crippen molar-refractivity contribution in [3.05, 3.63) is 22.5 Å². The van der Waals surface area contributed by atoms with E-state index in [0.29, 0.717) is 0 Å². The molecule has 19 heavy (non-hydrogen) atoms. The van der Waals surface area contributed by atoms with Crippen molar-refractivity contribution in [1.29, 1.82) is 0 Å². The molecule has 4 atom stereocenters. The van der Waals surface area contributed by atoms with Crippen molar-refractivity contribution < 1.29 is 24.1 Å². The molecule has 9 heteroatoms. The zero-order valence-corrected chi connectivity index (χ0v) is 10.1. The van der Waals surface area contributed by atoms with Gasteiger partial charge in [0.1, 0.15) is 18.3 Å². The number of rotatable bonds is 3. The fourth-order valence-corrected chi connectivity index (χ4v) is 1.99. The zero-order chi connectivity index (χ0) is 14.2. The molecular formula is C10H14FN3O5. The molecule has 1 aliphatic heterocycles. The summed E-state index contributed by atoms with van der Waals surface area (Å²) < 4.78 is 24.5. The lowest BCUT2D eigenvalue weighted by atomic mass is 10.1. The zero-order valence-electron chi connectivity index (χ0n) is 10.1. The Balaban J connectivity index is 2.41. The van der Waals surface area contributed by atoms with Gasteiger partial charge in [-0.05, 0) is 0 Å². The van der Waals surface area contributed by atoms with Crippen LogP contribution in [0, 0.1) is 5.82 Å². The number of methoxy groups -OCH3 is 1. The Morgan fingerprint density at radius 2 is 2.37 bits per heavy atom. The first kappa shape index (κ1) is 13.9. The number of aromatic nitrogens is 2.